The first kappa shape index (κ1) is 28.3. The highest BCUT2D eigenvalue weighted by Gasteiger charge is 2.53. The van der Waals surface area contributed by atoms with E-state index >= 15 is 0 Å². The Morgan fingerprint density at radius 3 is 2.44 bits per heavy atom. The Labute approximate surface area is 217 Å². The number of methoxy groups -OCH3 is 1. The number of piperazine rings is 1. The van der Waals surface area contributed by atoms with E-state index in [1.54, 1.807) is 7.11 Å². The maximum atomic E-state index is 13.4. The maximum absolute atomic E-state index is 13.4. The Bertz CT molecular complexity index is 864. The van der Waals surface area contributed by atoms with Crippen molar-refractivity contribution in [2.75, 3.05) is 33.4 Å². The lowest BCUT2D eigenvalue weighted by Gasteiger charge is -2.52. The number of likely N-dealkylation sites (tertiary alicyclic amines) is 1. The lowest BCUT2D eigenvalue weighted by Crippen LogP contribution is -2.73. The summed E-state index contributed by atoms with van der Waals surface area (Å²) in [6.07, 6.45) is 7.55. The minimum atomic E-state index is -0.718. The number of nitrogens with zero attached hydrogens (tertiary/aromatic N) is 2. The van der Waals surface area contributed by atoms with Crippen LogP contribution in [0.2, 0.25) is 0 Å². The van der Waals surface area contributed by atoms with Crippen LogP contribution in [0.4, 0.5) is 0 Å². The largest absolute Gasteiger partial charge is 0.493 e. The number of amides is 2. The number of unbranched alkanes of at least 4 members (excludes halogenated alkanes) is 3. The van der Waals surface area contributed by atoms with E-state index in [1.807, 2.05) is 11.0 Å². The minimum absolute atomic E-state index is 0.0305. The Hall–Kier alpha value is -2.28. The summed E-state index contributed by atoms with van der Waals surface area (Å²) < 4.78 is 11.6. The van der Waals surface area contributed by atoms with E-state index in [9.17, 15) is 9.59 Å². The van der Waals surface area contributed by atoms with Crippen LogP contribution in [0.5, 0.6) is 11.5 Å². The molecular formula is C29H47N3O4. The molecule has 1 atom stereocenters. The highest BCUT2D eigenvalue weighted by atomic mass is 16.5. The van der Waals surface area contributed by atoms with E-state index in [2.05, 4.69) is 50.0 Å². The molecular weight excluding hydrogens is 454 g/mol. The predicted octanol–water partition coefficient (Wildman–Crippen LogP) is 4.77. The van der Waals surface area contributed by atoms with Crippen LogP contribution in [0.3, 0.4) is 0 Å². The number of rotatable bonds is 13. The summed E-state index contributed by atoms with van der Waals surface area (Å²) in [7, 11) is 1.68. The monoisotopic (exact) mass is 501 g/mol. The van der Waals surface area contributed by atoms with E-state index in [0.717, 1.165) is 49.5 Å². The summed E-state index contributed by atoms with van der Waals surface area (Å²) >= 11 is 0. The number of benzene rings is 1. The molecule has 0 aliphatic carbocycles. The van der Waals surface area contributed by atoms with Crippen molar-refractivity contribution in [3.05, 3.63) is 23.8 Å². The van der Waals surface area contributed by atoms with Crippen LogP contribution in [-0.4, -0.2) is 66.5 Å². The van der Waals surface area contributed by atoms with E-state index in [0.29, 0.717) is 38.3 Å². The van der Waals surface area contributed by atoms with Gasteiger partial charge in [-0.25, -0.2) is 0 Å². The molecule has 2 heterocycles. The van der Waals surface area contributed by atoms with Gasteiger partial charge in [-0.2, -0.15) is 0 Å². The Kier molecular flexibility index (Phi) is 10.5. The molecule has 0 saturated carbocycles. The van der Waals surface area contributed by atoms with Crippen molar-refractivity contribution >= 4 is 11.8 Å². The number of hydrogen-bond acceptors (Lipinski definition) is 5. The van der Waals surface area contributed by atoms with Gasteiger partial charge in [0.05, 0.1) is 13.7 Å². The van der Waals surface area contributed by atoms with Gasteiger partial charge in [0, 0.05) is 26.2 Å². The minimum Gasteiger partial charge on any atom is -0.493 e. The molecule has 0 bridgehead atoms. The fraction of sp³-hybridized carbons (Fsp3) is 0.724. The van der Waals surface area contributed by atoms with Gasteiger partial charge in [-0.15, -0.1) is 0 Å². The molecule has 0 radical (unpaired) electrons. The maximum Gasteiger partial charge on any atom is 0.246 e. The van der Waals surface area contributed by atoms with Gasteiger partial charge in [0.15, 0.2) is 11.5 Å². The van der Waals surface area contributed by atoms with Crippen LogP contribution in [0, 0.1) is 5.92 Å². The molecule has 202 valence electrons. The van der Waals surface area contributed by atoms with Crippen molar-refractivity contribution in [3.8, 4) is 11.5 Å². The molecule has 36 heavy (non-hydrogen) atoms. The summed E-state index contributed by atoms with van der Waals surface area (Å²) in [5.74, 6) is 2.03. The first-order valence-electron chi connectivity index (χ1n) is 14.0. The molecule has 2 aliphatic rings. The molecule has 2 fully saturated rings. The van der Waals surface area contributed by atoms with Crippen molar-refractivity contribution in [2.24, 2.45) is 5.92 Å². The molecule has 3 rings (SSSR count). The van der Waals surface area contributed by atoms with E-state index in [4.69, 9.17) is 9.47 Å². The molecule has 1 unspecified atom stereocenters. The van der Waals surface area contributed by atoms with Gasteiger partial charge in [0.1, 0.15) is 11.6 Å². The summed E-state index contributed by atoms with van der Waals surface area (Å²) in [6, 6.07) is 5.77. The quantitative estimate of drug-likeness (QED) is 0.394. The van der Waals surface area contributed by atoms with Gasteiger partial charge in [0.25, 0.3) is 0 Å². The molecule has 2 saturated heterocycles. The molecule has 7 heteroatoms. The van der Waals surface area contributed by atoms with Gasteiger partial charge in [-0.3, -0.25) is 14.5 Å². The second kappa shape index (κ2) is 13.3. The second-order valence-electron chi connectivity index (χ2n) is 10.8. The zero-order chi connectivity index (χ0) is 26.1. The van der Waals surface area contributed by atoms with Crippen molar-refractivity contribution in [3.63, 3.8) is 0 Å². The number of carbonyl (C=O) groups is 2. The second-order valence-corrected chi connectivity index (χ2v) is 10.8. The molecule has 0 aromatic heterocycles. The molecule has 7 nitrogen and oxygen atoms in total. The molecule has 2 aliphatic heterocycles. The van der Waals surface area contributed by atoms with Crippen molar-refractivity contribution < 1.29 is 19.1 Å². The van der Waals surface area contributed by atoms with Crippen LogP contribution in [0.25, 0.3) is 0 Å². The number of hydrogen-bond donors (Lipinski definition) is 1. The fourth-order valence-electron chi connectivity index (χ4n) is 5.53. The summed E-state index contributed by atoms with van der Waals surface area (Å²) in [5.41, 5.74) is 0.442. The number of piperidine rings is 1. The summed E-state index contributed by atoms with van der Waals surface area (Å²) in [5, 5.41) is 3.08. The van der Waals surface area contributed by atoms with Gasteiger partial charge in [-0.1, -0.05) is 53.0 Å². The van der Waals surface area contributed by atoms with Gasteiger partial charge >= 0.3 is 0 Å². The Morgan fingerprint density at radius 1 is 1.06 bits per heavy atom. The van der Waals surface area contributed by atoms with E-state index < -0.39 is 11.6 Å². The lowest BCUT2D eigenvalue weighted by molar-refractivity contribution is -0.161. The molecule has 2 amide bonds. The molecule has 1 spiro atoms. The van der Waals surface area contributed by atoms with Crippen LogP contribution in [0.15, 0.2) is 18.2 Å². The highest BCUT2D eigenvalue weighted by Crippen LogP contribution is 2.35. The van der Waals surface area contributed by atoms with Crippen molar-refractivity contribution in [1.29, 1.82) is 0 Å². The van der Waals surface area contributed by atoms with Crippen LogP contribution >= 0.6 is 0 Å². The first-order chi connectivity index (χ1) is 17.3. The third-order valence-electron chi connectivity index (χ3n) is 7.54. The zero-order valence-corrected chi connectivity index (χ0v) is 23.1. The summed E-state index contributed by atoms with van der Waals surface area (Å²) in [6.45, 7) is 12.1. The van der Waals surface area contributed by atoms with Crippen molar-refractivity contribution in [2.45, 2.75) is 97.2 Å². The third kappa shape index (κ3) is 6.72. The van der Waals surface area contributed by atoms with Crippen molar-refractivity contribution in [1.82, 2.24) is 15.1 Å². The van der Waals surface area contributed by atoms with Gasteiger partial charge < -0.3 is 19.7 Å². The first-order valence-corrected chi connectivity index (χ1v) is 14.0. The van der Waals surface area contributed by atoms with Gasteiger partial charge in [0.2, 0.25) is 11.8 Å². The van der Waals surface area contributed by atoms with Crippen LogP contribution in [0.1, 0.15) is 84.6 Å². The SMILES string of the molecule is CCCCCCOc1ccc(CN2CCC3(CC2)C(=O)NC(CC(C)C)C(=O)N3CCC)cc1OC. The number of carbonyl (C=O) groups excluding carboxylic acids is 2. The molecule has 1 aromatic rings. The normalized spacial score (nSPS) is 20.2. The Balaban J connectivity index is 1.61. The predicted molar refractivity (Wildman–Crippen MR) is 143 cm³/mol. The molecule has 1 aromatic carbocycles. The summed E-state index contributed by atoms with van der Waals surface area (Å²) in [4.78, 5) is 31.0. The third-order valence-corrected chi connectivity index (χ3v) is 7.54. The highest BCUT2D eigenvalue weighted by molar-refractivity contribution is 6.00. The standard InChI is InChI=1S/C29H47N3O4/c1-6-8-9-10-18-36-25-12-11-23(20-26(25)35-5)21-31-16-13-29(14-17-31)28(34)30-24(19-22(3)4)27(33)32(29)15-7-2/h11-12,20,22,24H,6-10,13-19,21H2,1-5H3,(H,30,34). The number of nitrogens with one attached hydrogen (secondary N) is 1. The smallest absolute Gasteiger partial charge is 0.246 e. The Morgan fingerprint density at radius 2 is 1.81 bits per heavy atom. The van der Waals surface area contributed by atoms with E-state index in [-0.39, 0.29) is 11.8 Å². The lowest BCUT2D eigenvalue weighted by atomic mass is 9.80. The topological polar surface area (TPSA) is 71.1 Å². The number of ether oxygens (including phenoxy) is 2. The fourth-order valence-corrected chi connectivity index (χ4v) is 5.53. The van der Waals surface area contributed by atoms with E-state index in [1.165, 1.54) is 19.3 Å². The average Bonchev–Trinajstić information content (AvgIpc) is 2.86. The average molecular weight is 502 g/mol. The molecule has 1 N–H and O–H groups in total. The zero-order valence-electron chi connectivity index (χ0n) is 23.1. The van der Waals surface area contributed by atoms with Crippen LogP contribution in [-0.2, 0) is 16.1 Å². The van der Waals surface area contributed by atoms with Gasteiger partial charge in [-0.05, 0) is 55.7 Å². The van der Waals surface area contributed by atoms with Crippen LogP contribution < -0.4 is 14.8 Å².